The Morgan fingerprint density at radius 2 is 1.94 bits per heavy atom. The highest BCUT2D eigenvalue weighted by molar-refractivity contribution is 6.30. The van der Waals surface area contributed by atoms with Crippen LogP contribution in [0.15, 0.2) is 42.9 Å². The number of hydrogen-bond acceptors (Lipinski definition) is 7. The fourth-order valence-electron chi connectivity index (χ4n) is 4.43. The van der Waals surface area contributed by atoms with Gasteiger partial charge in [-0.2, -0.15) is 4.98 Å². The zero-order valence-electron chi connectivity index (χ0n) is 18.3. The molecule has 33 heavy (non-hydrogen) atoms. The van der Waals surface area contributed by atoms with Gasteiger partial charge in [-0.25, -0.2) is 9.97 Å². The van der Waals surface area contributed by atoms with Gasteiger partial charge in [0.25, 0.3) is 0 Å². The molecule has 1 fully saturated rings. The third kappa shape index (κ3) is 5.46. The molecule has 2 aromatic heterocycles. The molecule has 0 saturated carbocycles. The standard InChI is InChI=1S/C24H26ClN7O/c25-19-10-16-11-21(13-19)30-24-29-15-28-22(31-24)18-3-7-26-20(12-18)2-1-6-27-23(33)17-4-8-32(14-16)9-5-17/h3,7,10-13,15,17H,1-2,4-6,8-9,14H2,(H,27,33)(H,28,29,30,31). The van der Waals surface area contributed by atoms with E-state index in [9.17, 15) is 4.79 Å². The number of rotatable bonds is 0. The Hall–Kier alpha value is -3.10. The summed E-state index contributed by atoms with van der Waals surface area (Å²) in [4.78, 5) is 32.7. The average molecular weight is 464 g/mol. The second kappa shape index (κ2) is 9.80. The van der Waals surface area contributed by atoms with Crippen molar-refractivity contribution >= 4 is 29.1 Å². The van der Waals surface area contributed by atoms with Gasteiger partial charge in [-0.05, 0) is 74.7 Å². The van der Waals surface area contributed by atoms with Crippen LogP contribution in [0.25, 0.3) is 11.4 Å². The van der Waals surface area contributed by atoms with Crippen LogP contribution in [0.4, 0.5) is 11.6 Å². The molecule has 3 aromatic rings. The maximum atomic E-state index is 12.6. The third-order valence-electron chi connectivity index (χ3n) is 6.13. The molecule has 3 aliphatic heterocycles. The number of piperidine rings is 1. The Morgan fingerprint density at radius 1 is 1.06 bits per heavy atom. The van der Waals surface area contributed by atoms with E-state index in [1.807, 2.05) is 24.3 Å². The fourth-order valence-corrected chi connectivity index (χ4v) is 4.69. The SMILES string of the molecule is O=C1NCCCc2cc(ccn2)-c2ncnc(n2)Nc2cc(Cl)cc(c2)CN2CCC1CC2. The van der Waals surface area contributed by atoms with Gasteiger partial charge in [-0.15, -0.1) is 0 Å². The monoisotopic (exact) mass is 463 g/mol. The van der Waals surface area contributed by atoms with Crippen molar-refractivity contribution in [3.8, 4) is 11.4 Å². The molecule has 1 aromatic carbocycles. The number of carbonyl (C=O) groups is 1. The first-order valence-corrected chi connectivity index (χ1v) is 11.7. The second-order valence-corrected chi connectivity index (χ2v) is 9.02. The smallest absolute Gasteiger partial charge is 0.230 e. The van der Waals surface area contributed by atoms with Gasteiger partial charge in [0.1, 0.15) is 6.33 Å². The molecule has 0 radical (unpaired) electrons. The maximum absolute atomic E-state index is 12.6. The van der Waals surface area contributed by atoms with Gasteiger partial charge >= 0.3 is 0 Å². The maximum Gasteiger partial charge on any atom is 0.230 e. The topological polar surface area (TPSA) is 95.9 Å². The number of anilines is 2. The molecule has 8 bridgehead atoms. The number of aryl methyl sites for hydroxylation is 1. The van der Waals surface area contributed by atoms with Gasteiger partial charge in [0, 0.05) is 47.2 Å². The Kier molecular flexibility index (Phi) is 6.46. The minimum atomic E-state index is 0.0816. The quantitative estimate of drug-likeness (QED) is 0.525. The fraction of sp³-hybridized carbons (Fsp3) is 0.375. The predicted molar refractivity (Wildman–Crippen MR) is 127 cm³/mol. The van der Waals surface area contributed by atoms with Crippen molar-refractivity contribution in [1.82, 2.24) is 30.2 Å². The van der Waals surface area contributed by atoms with Crippen molar-refractivity contribution in [1.29, 1.82) is 0 Å². The van der Waals surface area contributed by atoms with Crippen molar-refractivity contribution < 1.29 is 4.79 Å². The third-order valence-corrected chi connectivity index (χ3v) is 6.35. The number of benzene rings is 1. The van der Waals surface area contributed by atoms with Crippen LogP contribution in [0.1, 0.15) is 30.5 Å². The van der Waals surface area contributed by atoms with Crippen molar-refractivity contribution in [2.75, 3.05) is 25.0 Å². The van der Waals surface area contributed by atoms with Crippen LogP contribution in [0.5, 0.6) is 0 Å². The molecule has 6 rings (SSSR count). The predicted octanol–water partition coefficient (Wildman–Crippen LogP) is 3.61. The lowest BCUT2D eigenvalue weighted by atomic mass is 9.95. The number of nitrogens with one attached hydrogen (secondary N) is 2. The lowest BCUT2D eigenvalue weighted by Crippen LogP contribution is -2.40. The first kappa shape index (κ1) is 21.7. The molecule has 5 heterocycles. The lowest BCUT2D eigenvalue weighted by Gasteiger charge is -2.31. The van der Waals surface area contributed by atoms with Gasteiger partial charge in [0.2, 0.25) is 11.9 Å². The number of pyridine rings is 1. The van der Waals surface area contributed by atoms with E-state index < -0.39 is 0 Å². The summed E-state index contributed by atoms with van der Waals surface area (Å²) in [6.45, 7) is 3.21. The van der Waals surface area contributed by atoms with E-state index in [2.05, 4.69) is 41.5 Å². The van der Waals surface area contributed by atoms with Crippen LogP contribution < -0.4 is 10.6 Å². The summed E-state index contributed by atoms with van der Waals surface area (Å²) in [5.74, 6) is 1.28. The largest absolute Gasteiger partial charge is 0.356 e. The van der Waals surface area contributed by atoms with Gasteiger partial charge < -0.3 is 10.6 Å². The van der Waals surface area contributed by atoms with E-state index in [1.54, 1.807) is 6.20 Å². The molecule has 170 valence electrons. The Labute approximate surface area is 197 Å². The highest BCUT2D eigenvalue weighted by Gasteiger charge is 2.25. The van der Waals surface area contributed by atoms with Crippen LogP contribution in [0, 0.1) is 5.92 Å². The molecule has 0 unspecified atom stereocenters. The average Bonchev–Trinajstić information content (AvgIpc) is 2.82. The van der Waals surface area contributed by atoms with Gasteiger partial charge in [-0.1, -0.05) is 11.6 Å². The van der Waals surface area contributed by atoms with E-state index in [-0.39, 0.29) is 11.8 Å². The highest BCUT2D eigenvalue weighted by atomic mass is 35.5. The Balaban J connectivity index is 1.45. The second-order valence-electron chi connectivity index (χ2n) is 8.59. The summed E-state index contributed by atoms with van der Waals surface area (Å²) < 4.78 is 0. The number of halogens is 1. The number of carbonyl (C=O) groups excluding carboxylic acids is 1. The molecule has 1 amide bonds. The number of hydrogen-bond donors (Lipinski definition) is 2. The van der Waals surface area contributed by atoms with Crippen LogP contribution in [-0.2, 0) is 17.8 Å². The molecule has 9 heteroatoms. The highest BCUT2D eigenvalue weighted by Crippen LogP contribution is 2.25. The normalized spacial score (nSPS) is 21.1. The number of amides is 1. The first-order chi connectivity index (χ1) is 16.1. The summed E-state index contributed by atoms with van der Waals surface area (Å²) in [6, 6.07) is 9.79. The zero-order valence-corrected chi connectivity index (χ0v) is 19.1. The van der Waals surface area contributed by atoms with Crippen molar-refractivity contribution in [2.24, 2.45) is 5.92 Å². The molecule has 3 aliphatic rings. The summed E-state index contributed by atoms with van der Waals surface area (Å²) in [5.41, 5.74) is 3.75. The van der Waals surface area contributed by atoms with Crippen molar-refractivity contribution in [3.63, 3.8) is 0 Å². The minimum Gasteiger partial charge on any atom is -0.356 e. The lowest BCUT2D eigenvalue weighted by molar-refractivity contribution is -0.126. The molecular formula is C24H26ClN7O. The summed E-state index contributed by atoms with van der Waals surface area (Å²) in [6.07, 6.45) is 6.61. The molecule has 0 atom stereocenters. The minimum absolute atomic E-state index is 0.0816. The van der Waals surface area contributed by atoms with Gasteiger partial charge in [0.05, 0.1) is 0 Å². The van der Waals surface area contributed by atoms with Crippen LogP contribution in [0.2, 0.25) is 5.02 Å². The van der Waals surface area contributed by atoms with Crippen molar-refractivity contribution in [3.05, 3.63) is 59.1 Å². The molecule has 8 nitrogen and oxygen atoms in total. The molecule has 1 saturated heterocycles. The number of aromatic nitrogens is 4. The van der Waals surface area contributed by atoms with E-state index in [0.29, 0.717) is 23.3 Å². The van der Waals surface area contributed by atoms with E-state index in [0.717, 1.165) is 67.8 Å². The first-order valence-electron chi connectivity index (χ1n) is 11.3. The summed E-state index contributed by atoms with van der Waals surface area (Å²) in [5, 5.41) is 7.03. The number of fused-ring (bicyclic) bond motifs is 6. The van der Waals surface area contributed by atoms with E-state index in [4.69, 9.17) is 11.6 Å². The van der Waals surface area contributed by atoms with Crippen LogP contribution in [-0.4, -0.2) is 50.4 Å². The number of nitrogens with zero attached hydrogens (tertiary/aromatic N) is 5. The van der Waals surface area contributed by atoms with Gasteiger partial charge in [0.15, 0.2) is 5.82 Å². The molecule has 0 aliphatic carbocycles. The van der Waals surface area contributed by atoms with E-state index >= 15 is 0 Å². The zero-order chi connectivity index (χ0) is 22.6. The summed E-state index contributed by atoms with van der Waals surface area (Å²) >= 11 is 6.41. The van der Waals surface area contributed by atoms with Crippen LogP contribution >= 0.6 is 11.6 Å². The van der Waals surface area contributed by atoms with Gasteiger partial charge in [-0.3, -0.25) is 14.7 Å². The van der Waals surface area contributed by atoms with E-state index in [1.165, 1.54) is 6.33 Å². The summed E-state index contributed by atoms with van der Waals surface area (Å²) in [7, 11) is 0. The van der Waals surface area contributed by atoms with Crippen LogP contribution in [0.3, 0.4) is 0 Å². The molecular weight excluding hydrogens is 438 g/mol. The molecule has 0 spiro atoms. The van der Waals surface area contributed by atoms with Crippen molar-refractivity contribution in [2.45, 2.75) is 32.2 Å². The Bertz CT molecular complexity index is 1150. The molecule has 2 N–H and O–H groups in total. The Morgan fingerprint density at radius 3 is 2.82 bits per heavy atom.